The Labute approximate surface area is 134 Å². The first-order chi connectivity index (χ1) is 10.1. The minimum absolute atomic E-state index is 0.378. The molecule has 1 aliphatic heterocycles. The summed E-state index contributed by atoms with van der Waals surface area (Å²) in [6.45, 7) is 9.63. The Balaban J connectivity index is 2.41. The van der Waals surface area contributed by atoms with Crippen LogP contribution in [0, 0.1) is 0 Å². The summed E-state index contributed by atoms with van der Waals surface area (Å²) < 4.78 is 0. The Morgan fingerprint density at radius 3 is 2.00 bits per heavy atom. The predicted octanol–water partition coefficient (Wildman–Crippen LogP) is 4.98. The summed E-state index contributed by atoms with van der Waals surface area (Å²) in [4.78, 5) is 2.47. The quantitative estimate of drug-likeness (QED) is 0.541. The Kier molecular flexibility index (Phi) is 9.59. The largest absolute Gasteiger partial charge is 0.309 e. The average Bonchev–Trinajstić information content (AvgIpc) is 2.47. The molecule has 0 radical (unpaired) electrons. The van der Waals surface area contributed by atoms with Gasteiger partial charge in [-0.2, -0.15) is 0 Å². The Bertz CT molecular complexity index is 246. The van der Waals surface area contributed by atoms with Crippen LogP contribution in [0.2, 0.25) is 0 Å². The highest BCUT2D eigenvalue weighted by Gasteiger charge is 2.27. The maximum absolute atomic E-state index is 4.06. The van der Waals surface area contributed by atoms with Gasteiger partial charge in [0.1, 0.15) is 0 Å². The molecule has 2 nitrogen and oxygen atoms in total. The maximum Gasteiger partial charge on any atom is 0.0155 e. The van der Waals surface area contributed by atoms with Crippen LogP contribution in [0.5, 0.6) is 0 Å². The van der Waals surface area contributed by atoms with Gasteiger partial charge in [-0.15, -0.1) is 0 Å². The van der Waals surface area contributed by atoms with Crippen LogP contribution in [0.1, 0.15) is 91.4 Å². The molecule has 0 aromatic rings. The number of piperidine rings is 1. The van der Waals surface area contributed by atoms with Crippen molar-refractivity contribution in [3.05, 3.63) is 0 Å². The third-order valence-electron chi connectivity index (χ3n) is 5.19. The topological polar surface area (TPSA) is 15.3 Å². The molecule has 0 aliphatic carbocycles. The van der Waals surface area contributed by atoms with Gasteiger partial charge in [0.15, 0.2) is 0 Å². The summed E-state index contributed by atoms with van der Waals surface area (Å²) >= 11 is 0. The van der Waals surface area contributed by atoms with Crippen molar-refractivity contribution in [1.82, 2.24) is 10.2 Å². The van der Waals surface area contributed by atoms with Gasteiger partial charge in [-0.1, -0.05) is 58.8 Å². The lowest BCUT2D eigenvalue weighted by Gasteiger charge is -2.39. The first-order valence-electron chi connectivity index (χ1n) is 9.56. The van der Waals surface area contributed by atoms with E-state index in [1.807, 2.05) is 0 Å². The van der Waals surface area contributed by atoms with E-state index in [-0.39, 0.29) is 0 Å². The molecule has 21 heavy (non-hydrogen) atoms. The second kappa shape index (κ2) is 10.6. The van der Waals surface area contributed by atoms with E-state index in [9.17, 15) is 0 Å². The zero-order chi connectivity index (χ0) is 15.6. The van der Waals surface area contributed by atoms with E-state index in [2.05, 4.69) is 38.0 Å². The molecule has 0 bridgehead atoms. The van der Waals surface area contributed by atoms with E-state index < -0.39 is 0 Å². The van der Waals surface area contributed by atoms with E-state index >= 15 is 0 Å². The summed E-state index contributed by atoms with van der Waals surface area (Å²) in [5, 5.41) is 4.06. The molecule has 1 saturated heterocycles. The first-order valence-corrected chi connectivity index (χ1v) is 9.56. The Hall–Kier alpha value is -0.0800. The first kappa shape index (κ1) is 19.0. The molecule has 1 aliphatic rings. The fraction of sp³-hybridized carbons (Fsp3) is 1.00. The highest BCUT2D eigenvalue weighted by Crippen LogP contribution is 2.25. The monoisotopic (exact) mass is 296 g/mol. The number of nitrogens with zero attached hydrogens (tertiary/aromatic N) is 1. The highest BCUT2D eigenvalue weighted by atomic mass is 15.1. The van der Waals surface area contributed by atoms with Crippen molar-refractivity contribution in [3.8, 4) is 0 Å². The van der Waals surface area contributed by atoms with Crippen molar-refractivity contribution in [1.29, 1.82) is 0 Å². The number of hydrogen-bond donors (Lipinski definition) is 1. The zero-order valence-corrected chi connectivity index (χ0v) is 15.2. The smallest absolute Gasteiger partial charge is 0.0155 e. The molecular formula is C19H40N2. The van der Waals surface area contributed by atoms with Gasteiger partial charge in [-0.3, -0.25) is 0 Å². The molecule has 0 spiro atoms. The van der Waals surface area contributed by atoms with Crippen LogP contribution in [0.4, 0.5) is 0 Å². The minimum Gasteiger partial charge on any atom is -0.309 e. The van der Waals surface area contributed by atoms with Gasteiger partial charge < -0.3 is 10.2 Å². The number of unbranched alkanes of at least 4 members (excludes halogenated alkanes) is 5. The van der Waals surface area contributed by atoms with Crippen molar-refractivity contribution in [2.45, 2.75) is 103 Å². The molecule has 0 aromatic carbocycles. The summed E-state index contributed by atoms with van der Waals surface area (Å²) in [7, 11) is 2.25. The third-order valence-corrected chi connectivity index (χ3v) is 5.19. The number of likely N-dealkylation sites (tertiary alicyclic amines) is 1. The van der Waals surface area contributed by atoms with Gasteiger partial charge in [-0.25, -0.2) is 0 Å². The van der Waals surface area contributed by atoms with Gasteiger partial charge in [-0.05, 0) is 52.7 Å². The van der Waals surface area contributed by atoms with Gasteiger partial charge in [0.05, 0.1) is 0 Å². The summed E-state index contributed by atoms with van der Waals surface area (Å²) in [6, 6.07) is 0.749. The van der Waals surface area contributed by atoms with Crippen LogP contribution in [0.25, 0.3) is 0 Å². The molecule has 2 heteroatoms. The van der Waals surface area contributed by atoms with Crippen molar-refractivity contribution in [3.63, 3.8) is 0 Å². The lowest BCUT2D eigenvalue weighted by Crippen LogP contribution is -2.51. The predicted molar refractivity (Wildman–Crippen MR) is 95.0 cm³/mol. The van der Waals surface area contributed by atoms with E-state index in [0.29, 0.717) is 5.54 Å². The third kappa shape index (κ3) is 8.21. The molecule has 1 fully saturated rings. The highest BCUT2D eigenvalue weighted by molar-refractivity contribution is 4.88. The fourth-order valence-corrected chi connectivity index (χ4v) is 3.62. The van der Waals surface area contributed by atoms with Crippen molar-refractivity contribution in [2.75, 3.05) is 20.1 Å². The molecule has 1 atom stereocenters. The molecule has 1 unspecified atom stereocenters. The van der Waals surface area contributed by atoms with Crippen LogP contribution in [-0.4, -0.2) is 36.6 Å². The molecule has 126 valence electrons. The van der Waals surface area contributed by atoms with Gasteiger partial charge in [0.25, 0.3) is 0 Å². The molecular weight excluding hydrogens is 256 g/mol. The van der Waals surface area contributed by atoms with Crippen LogP contribution in [-0.2, 0) is 0 Å². The second-order valence-electron chi connectivity index (χ2n) is 7.55. The molecule has 1 rings (SSSR count). The van der Waals surface area contributed by atoms with E-state index in [1.165, 1.54) is 83.7 Å². The molecule has 0 amide bonds. The fourth-order valence-electron chi connectivity index (χ4n) is 3.62. The van der Waals surface area contributed by atoms with Gasteiger partial charge in [0, 0.05) is 11.6 Å². The van der Waals surface area contributed by atoms with Crippen LogP contribution in [0.15, 0.2) is 0 Å². The SMILES string of the molecule is CCCCCCC(C)(CCCCC)NC1CCN(C)CC1. The minimum atomic E-state index is 0.378. The second-order valence-corrected chi connectivity index (χ2v) is 7.55. The zero-order valence-electron chi connectivity index (χ0n) is 15.2. The summed E-state index contributed by atoms with van der Waals surface area (Å²) in [5.74, 6) is 0. The standard InChI is InChI=1S/C19H40N2/c1-5-7-9-11-15-19(3,14-10-8-6-2)20-18-12-16-21(4)17-13-18/h18,20H,5-17H2,1-4H3. The van der Waals surface area contributed by atoms with Crippen molar-refractivity contribution in [2.24, 2.45) is 0 Å². The average molecular weight is 297 g/mol. The lowest BCUT2D eigenvalue weighted by atomic mass is 9.86. The normalized spacial score (nSPS) is 20.6. The number of nitrogens with one attached hydrogen (secondary N) is 1. The Morgan fingerprint density at radius 1 is 0.905 bits per heavy atom. The number of rotatable bonds is 11. The lowest BCUT2D eigenvalue weighted by molar-refractivity contribution is 0.183. The molecule has 1 N–H and O–H groups in total. The molecule has 0 aromatic heterocycles. The Morgan fingerprint density at radius 2 is 1.43 bits per heavy atom. The van der Waals surface area contributed by atoms with Crippen LogP contribution in [0.3, 0.4) is 0 Å². The summed E-state index contributed by atoms with van der Waals surface area (Å²) in [6.07, 6.45) is 15.0. The van der Waals surface area contributed by atoms with Gasteiger partial charge >= 0.3 is 0 Å². The molecule has 1 heterocycles. The van der Waals surface area contributed by atoms with E-state index in [1.54, 1.807) is 0 Å². The van der Waals surface area contributed by atoms with Crippen molar-refractivity contribution < 1.29 is 0 Å². The van der Waals surface area contributed by atoms with Crippen LogP contribution >= 0.6 is 0 Å². The maximum atomic E-state index is 4.06. The number of hydrogen-bond acceptors (Lipinski definition) is 2. The van der Waals surface area contributed by atoms with E-state index in [4.69, 9.17) is 0 Å². The van der Waals surface area contributed by atoms with Crippen LogP contribution < -0.4 is 5.32 Å². The van der Waals surface area contributed by atoms with Crippen molar-refractivity contribution >= 4 is 0 Å². The van der Waals surface area contributed by atoms with Gasteiger partial charge in [0.2, 0.25) is 0 Å². The molecule has 0 saturated carbocycles. The summed E-state index contributed by atoms with van der Waals surface area (Å²) in [5.41, 5.74) is 0.378. The van der Waals surface area contributed by atoms with E-state index in [0.717, 1.165) is 6.04 Å².